The molecule has 0 unspecified atom stereocenters. The fourth-order valence-electron chi connectivity index (χ4n) is 3.61. The number of hydrogen-bond donors (Lipinski definition) is 0. The Hall–Kier alpha value is -3.09. The van der Waals surface area contributed by atoms with Gasteiger partial charge in [-0.3, -0.25) is 4.90 Å². The summed E-state index contributed by atoms with van der Waals surface area (Å²) >= 11 is 0. The molecule has 2 amide bonds. The number of hydrogen-bond acceptors (Lipinski definition) is 4. The maximum Gasteiger partial charge on any atom is 0.415 e. The van der Waals surface area contributed by atoms with E-state index in [0.717, 1.165) is 5.56 Å². The average Bonchev–Trinajstić information content (AvgIpc) is 3.04. The maximum atomic E-state index is 13.1. The molecule has 0 aliphatic carbocycles. The van der Waals surface area contributed by atoms with Gasteiger partial charge in [0, 0.05) is 31.6 Å². The topological polar surface area (TPSA) is 59.1 Å². The molecule has 2 aromatic rings. The number of rotatable bonds is 3. The third-order valence-corrected chi connectivity index (χ3v) is 5.25. The number of benzene rings is 2. The van der Waals surface area contributed by atoms with E-state index < -0.39 is 11.7 Å². The van der Waals surface area contributed by atoms with Crippen molar-refractivity contribution in [2.24, 2.45) is 0 Å². The van der Waals surface area contributed by atoms with Crippen molar-refractivity contribution in [3.8, 4) is 0 Å². The van der Waals surface area contributed by atoms with E-state index in [1.165, 1.54) is 17.0 Å². The van der Waals surface area contributed by atoms with Crippen LogP contribution in [-0.2, 0) is 16.1 Å². The Morgan fingerprint density at radius 2 is 1.75 bits per heavy atom. The van der Waals surface area contributed by atoms with Crippen molar-refractivity contribution in [3.05, 3.63) is 66.0 Å². The van der Waals surface area contributed by atoms with E-state index in [1.807, 2.05) is 30.3 Å². The highest BCUT2D eigenvalue weighted by Gasteiger charge is 2.48. The molecule has 6 nitrogen and oxygen atoms in total. The minimum Gasteiger partial charge on any atom is -0.445 e. The summed E-state index contributed by atoms with van der Waals surface area (Å²) in [5.41, 5.74) is 0.916. The van der Waals surface area contributed by atoms with Crippen LogP contribution >= 0.6 is 0 Å². The fraction of sp³-hybridized carbons (Fsp3) is 0.333. The van der Waals surface area contributed by atoms with Gasteiger partial charge >= 0.3 is 12.2 Å². The first-order chi connectivity index (χ1) is 13.5. The second kappa shape index (κ2) is 7.50. The number of nitrogens with zero attached hydrogens (tertiary/aromatic N) is 2. The molecule has 2 saturated heterocycles. The van der Waals surface area contributed by atoms with Crippen molar-refractivity contribution in [1.29, 1.82) is 0 Å². The van der Waals surface area contributed by atoms with E-state index in [2.05, 4.69) is 0 Å². The number of likely N-dealkylation sites (tertiary alicyclic amines) is 1. The quantitative estimate of drug-likeness (QED) is 0.804. The Balaban J connectivity index is 1.32. The Bertz CT molecular complexity index is 848. The van der Waals surface area contributed by atoms with Gasteiger partial charge in [0.05, 0.1) is 6.54 Å². The van der Waals surface area contributed by atoms with Crippen LogP contribution in [-0.4, -0.2) is 42.3 Å². The molecule has 2 aromatic carbocycles. The van der Waals surface area contributed by atoms with Gasteiger partial charge in [-0.25, -0.2) is 14.0 Å². The standard InChI is InChI=1S/C21H21FN2O4/c22-17-6-8-18(9-7-17)24-15-21(28-20(24)26)10-12-23(13-11-21)19(25)27-14-16-4-2-1-3-5-16/h1-9H,10-15H2. The van der Waals surface area contributed by atoms with Crippen molar-refractivity contribution in [3.63, 3.8) is 0 Å². The molecule has 0 bridgehead atoms. The van der Waals surface area contributed by atoms with Gasteiger partial charge in [0.25, 0.3) is 0 Å². The zero-order valence-electron chi connectivity index (χ0n) is 15.3. The Labute approximate surface area is 162 Å². The summed E-state index contributed by atoms with van der Waals surface area (Å²) in [6.45, 7) is 1.54. The van der Waals surface area contributed by atoms with Crippen molar-refractivity contribution in [2.45, 2.75) is 25.0 Å². The molecule has 2 aliphatic rings. The third kappa shape index (κ3) is 3.78. The third-order valence-electron chi connectivity index (χ3n) is 5.25. The first-order valence-corrected chi connectivity index (χ1v) is 9.26. The zero-order valence-corrected chi connectivity index (χ0v) is 15.3. The van der Waals surface area contributed by atoms with Crippen LogP contribution in [0.4, 0.5) is 19.7 Å². The monoisotopic (exact) mass is 384 g/mol. The van der Waals surface area contributed by atoms with Crippen LogP contribution in [0.15, 0.2) is 54.6 Å². The molecule has 7 heteroatoms. The summed E-state index contributed by atoms with van der Waals surface area (Å²) in [6, 6.07) is 15.3. The highest BCUT2D eigenvalue weighted by Crippen LogP contribution is 2.35. The summed E-state index contributed by atoms with van der Waals surface area (Å²) in [5.74, 6) is -0.353. The largest absolute Gasteiger partial charge is 0.445 e. The van der Waals surface area contributed by atoms with E-state index in [4.69, 9.17) is 9.47 Å². The van der Waals surface area contributed by atoms with Gasteiger partial charge < -0.3 is 14.4 Å². The Morgan fingerprint density at radius 3 is 2.43 bits per heavy atom. The molecular formula is C21H21FN2O4. The first-order valence-electron chi connectivity index (χ1n) is 9.26. The number of ether oxygens (including phenoxy) is 2. The van der Waals surface area contributed by atoms with Crippen LogP contribution in [0.1, 0.15) is 18.4 Å². The SMILES string of the molecule is O=C(OCc1ccccc1)N1CCC2(CC1)CN(c1ccc(F)cc1)C(=O)O2. The van der Waals surface area contributed by atoms with Gasteiger partial charge in [-0.15, -0.1) is 0 Å². The van der Waals surface area contributed by atoms with Gasteiger partial charge in [0.1, 0.15) is 18.0 Å². The molecule has 0 aromatic heterocycles. The van der Waals surface area contributed by atoms with E-state index in [-0.39, 0.29) is 18.5 Å². The lowest BCUT2D eigenvalue weighted by molar-refractivity contribution is -0.00107. The average molecular weight is 384 g/mol. The molecule has 28 heavy (non-hydrogen) atoms. The number of halogens is 1. The lowest BCUT2D eigenvalue weighted by atomic mass is 9.91. The van der Waals surface area contributed by atoms with E-state index in [1.54, 1.807) is 17.0 Å². The van der Waals surface area contributed by atoms with Gasteiger partial charge in [0.2, 0.25) is 0 Å². The number of carbonyl (C=O) groups excluding carboxylic acids is 2. The molecule has 2 fully saturated rings. The lowest BCUT2D eigenvalue weighted by Gasteiger charge is -2.36. The molecule has 2 aliphatic heterocycles. The summed E-state index contributed by atoms with van der Waals surface area (Å²) in [4.78, 5) is 27.8. The molecule has 146 valence electrons. The van der Waals surface area contributed by atoms with Crippen LogP contribution in [0.5, 0.6) is 0 Å². The summed E-state index contributed by atoms with van der Waals surface area (Å²) in [5, 5.41) is 0. The van der Waals surface area contributed by atoms with Crippen LogP contribution in [0.2, 0.25) is 0 Å². The predicted octanol–water partition coefficient (Wildman–Crippen LogP) is 3.95. The van der Waals surface area contributed by atoms with Crippen LogP contribution < -0.4 is 4.90 Å². The Kier molecular flexibility index (Phi) is 4.90. The molecule has 2 heterocycles. The summed E-state index contributed by atoms with van der Waals surface area (Å²) in [7, 11) is 0. The van der Waals surface area contributed by atoms with Crippen molar-refractivity contribution < 1.29 is 23.5 Å². The van der Waals surface area contributed by atoms with E-state index in [0.29, 0.717) is 38.2 Å². The maximum absolute atomic E-state index is 13.1. The van der Waals surface area contributed by atoms with Gasteiger partial charge in [-0.05, 0) is 29.8 Å². The van der Waals surface area contributed by atoms with Crippen LogP contribution in [0.25, 0.3) is 0 Å². The zero-order chi connectivity index (χ0) is 19.6. The van der Waals surface area contributed by atoms with Gasteiger partial charge in [0.15, 0.2) is 0 Å². The highest BCUT2D eigenvalue weighted by molar-refractivity contribution is 5.90. The van der Waals surface area contributed by atoms with E-state index >= 15 is 0 Å². The molecule has 4 rings (SSSR count). The van der Waals surface area contributed by atoms with Crippen LogP contribution in [0, 0.1) is 5.82 Å². The van der Waals surface area contributed by atoms with Gasteiger partial charge in [-0.1, -0.05) is 30.3 Å². The number of piperidine rings is 1. The molecule has 0 radical (unpaired) electrons. The molecular weight excluding hydrogens is 363 g/mol. The smallest absolute Gasteiger partial charge is 0.415 e. The number of amides is 2. The molecule has 0 N–H and O–H groups in total. The summed E-state index contributed by atoms with van der Waals surface area (Å²) in [6.07, 6.45) is 0.276. The number of anilines is 1. The van der Waals surface area contributed by atoms with Gasteiger partial charge in [-0.2, -0.15) is 0 Å². The number of carbonyl (C=O) groups is 2. The molecule has 1 spiro atoms. The lowest BCUT2D eigenvalue weighted by Crippen LogP contribution is -2.48. The van der Waals surface area contributed by atoms with Crippen molar-refractivity contribution in [2.75, 3.05) is 24.5 Å². The van der Waals surface area contributed by atoms with Crippen LogP contribution in [0.3, 0.4) is 0 Å². The predicted molar refractivity (Wildman–Crippen MR) is 100 cm³/mol. The highest BCUT2D eigenvalue weighted by atomic mass is 19.1. The Morgan fingerprint density at radius 1 is 1.07 bits per heavy atom. The van der Waals surface area contributed by atoms with E-state index in [9.17, 15) is 14.0 Å². The molecule has 0 saturated carbocycles. The minimum atomic E-state index is -0.623. The second-order valence-corrected chi connectivity index (χ2v) is 7.14. The molecule has 0 atom stereocenters. The second-order valence-electron chi connectivity index (χ2n) is 7.14. The normalized spacial score (nSPS) is 18.2. The summed E-state index contributed by atoms with van der Waals surface area (Å²) < 4.78 is 24.2. The first kappa shape index (κ1) is 18.3. The minimum absolute atomic E-state index is 0.231. The van der Waals surface area contributed by atoms with Crippen molar-refractivity contribution >= 4 is 17.9 Å². The van der Waals surface area contributed by atoms with Crippen molar-refractivity contribution in [1.82, 2.24) is 4.90 Å². The fourth-order valence-corrected chi connectivity index (χ4v) is 3.61.